The second-order valence-electron chi connectivity index (χ2n) is 4.18. The van der Waals surface area contributed by atoms with Crippen LogP contribution in [0.3, 0.4) is 0 Å². The Morgan fingerprint density at radius 2 is 1.72 bits per heavy atom. The van der Waals surface area contributed by atoms with Crippen LogP contribution in [-0.4, -0.2) is 4.92 Å². The SMILES string of the molecule is Cc1cc(Cc2ccc(Cl)cc2)ccc1[N+](=O)[O-]. The lowest BCUT2D eigenvalue weighted by atomic mass is 10.0. The summed E-state index contributed by atoms with van der Waals surface area (Å²) in [7, 11) is 0. The smallest absolute Gasteiger partial charge is 0.258 e. The third-order valence-electron chi connectivity index (χ3n) is 2.78. The van der Waals surface area contributed by atoms with Crippen LogP contribution < -0.4 is 0 Å². The minimum Gasteiger partial charge on any atom is -0.258 e. The number of nitrogens with zero attached hydrogens (tertiary/aromatic N) is 1. The summed E-state index contributed by atoms with van der Waals surface area (Å²) < 4.78 is 0. The molecule has 2 aromatic carbocycles. The van der Waals surface area contributed by atoms with Crippen molar-refractivity contribution in [3.63, 3.8) is 0 Å². The van der Waals surface area contributed by atoms with Gasteiger partial charge < -0.3 is 0 Å². The highest BCUT2D eigenvalue weighted by Crippen LogP contribution is 2.21. The molecule has 0 unspecified atom stereocenters. The van der Waals surface area contributed by atoms with Crippen molar-refractivity contribution >= 4 is 17.3 Å². The fraction of sp³-hybridized carbons (Fsp3) is 0.143. The zero-order valence-electron chi connectivity index (χ0n) is 9.89. The van der Waals surface area contributed by atoms with Gasteiger partial charge in [0.25, 0.3) is 5.69 Å². The van der Waals surface area contributed by atoms with Gasteiger partial charge in [-0.15, -0.1) is 0 Å². The fourth-order valence-electron chi connectivity index (χ4n) is 1.87. The molecule has 0 spiro atoms. The van der Waals surface area contributed by atoms with Gasteiger partial charge >= 0.3 is 0 Å². The number of halogens is 1. The van der Waals surface area contributed by atoms with E-state index in [9.17, 15) is 10.1 Å². The first-order chi connectivity index (χ1) is 8.56. The normalized spacial score (nSPS) is 10.3. The van der Waals surface area contributed by atoms with Crippen molar-refractivity contribution in [2.24, 2.45) is 0 Å². The summed E-state index contributed by atoms with van der Waals surface area (Å²) in [6, 6.07) is 12.8. The highest BCUT2D eigenvalue weighted by Gasteiger charge is 2.10. The molecule has 0 heterocycles. The van der Waals surface area contributed by atoms with E-state index in [2.05, 4.69) is 0 Å². The molecule has 0 amide bonds. The lowest BCUT2D eigenvalue weighted by Gasteiger charge is -2.04. The molecule has 4 heteroatoms. The van der Waals surface area contributed by atoms with Crippen molar-refractivity contribution in [2.45, 2.75) is 13.3 Å². The van der Waals surface area contributed by atoms with Gasteiger partial charge in [-0.2, -0.15) is 0 Å². The monoisotopic (exact) mass is 261 g/mol. The average molecular weight is 262 g/mol. The summed E-state index contributed by atoms with van der Waals surface area (Å²) >= 11 is 5.82. The van der Waals surface area contributed by atoms with Crippen LogP contribution in [0.2, 0.25) is 5.02 Å². The van der Waals surface area contributed by atoms with E-state index in [0.717, 1.165) is 17.5 Å². The van der Waals surface area contributed by atoms with Gasteiger partial charge in [0.15, 0.2) is 0 Å². The molecule has 92 valence electrons. The molecule has 2 aromatic rings. The summed E-state index contributed by atoms with van der Waals surface area (Å²) in [5.41, 5.74) is 3.04. The van der Waals surface area contributed by atoms with Gasteiger partial charge in [0, 0.05) is 16.7 Å². The van der Waals surface area contributed by atoms with Crippen LogP contribution >= 0.6 is 11.6 Å². The topological polar surface area (TPSA) is 43.1 Å². The summed E-state index contributed by atoms with van der Waals surface area (Å²) in [6.45, 7) is 1.75. The van der Waals surface area contributed by atoms with Gasteiger partial charge in [0.1, 0.15) is 0 Å². The number of hydrogen-bond donors (Lipinski definition) is 0. The highest BCUT2D eigenvalue weighted by molar-refractivity contribution is 6.30. The standard InChI is InChI=1S/C14H12ClNO2/c1-10-8-12(4-7-14(10)16(17)18)9-11-2-5-13(15)6-3-11/h2-8H,9H2,1H3. The molecule has 0 atom stereocenters. The van der Waals surface area contributed by atoms with Crippen LogP contribution in [0.15, 0.2) is 42.5 Å². The molecule has 0 aliphatic heterocycles. The van der Waals surface area contributed by atoms with Crippen LogP contribution in [0.4, 0.5) is 5.69 Å². The van der Waals surface area contributed by atoms with Gasteiger partial charge in [0.05, 0.1) is 4.92 Å². The Kier molecular flexibility index (Phi) is 3.63. The molecule has 0 aliphatic carbocycles. The minimum absolute atomic E-state index is 0.162. The molecule has 3 nitrogen and oxygen atoms in total. The largest absolute Gasteiger partial charge is 0.272 e. The molecule has 0 radical (unpaired) electrons. The molecule has 0 saturated heterocycles. The maximum atomic E-state index is 10.7. The summed E-state index contributed by atoms with van der Waals surface area (Å²) in [5.74, 6) is 0. The molecule has 0 fully saturated rings. The molecule has 18 heavy (non-hydrogen) atoms. The maximum Gasteiger partial charge on any atom is 0.272 e. The number of aryl methyl sites for hydroxylation is 1. The predicted molar refractivity (Wildman–Crippen MR) is 72.1 cm³/mol. The lowest BCUT2D eigenvalue weighted by molar-refractivity contribution is -0.385. The minimum atomic E-state index is -0.360. The van der Waals surface area contributed by atoms with Crippen LogP contribution in [0.5, 0.6) is 0 Å². The van der Waals surface area contributed by atoms with E-state index in [0.29, 0.717) is 10.6 Å². The molecule has 0 aliphatic rings. The van der Waals surface area contributed by atoms with Crippen molar-refractivity contribution in [1.29, 1.82) is 0 Å². The summed E-state index contributed by atoms with van der Waals surface area (Å²) in [4.78, 5) is 10.4. The zero-order chi connectivity index (χ0) is 13.1. The fourth-order valence-corrected chi connectivity index (χ4v) is 2.00. The number of hydrogen-bond acceptors (Lipinski definition) is 2. The number of rotatable bonds is 3. The van der Waals surface area contributed by atoms with Crippen LogP contribution in [0, 0.1) is 17.0 Å². The van der Waals surface area contributed by atoms with Crippen LogP contribution in [0.25, 0.3) is 0 Å². The Hall–Kier alpha value is -1.87. The third kappa shape index (κ3) is 2.87. The Balaban J connectivity index is 2.22. The maximum absolute atomic E-state index is 10.7. The number of nitro benzene ring substituents is 1. The molecule has 0 saturated carbocycles. The Morgan fingerprint density at radius 1 is 1.11 bits per heavy atom. The Bertz CT molecular complexity index is 579. The highest BCUT2D eigenvalue weighted by atomic mass is 35.5. The first kappa shape index (κ1) is 12.6. The van der Waals surface area contributed by atoms with Crippen molar-refractivity contribution in [2.75, 3.05) is 0 Å². The van der Waals surface area contributed by atoms with Gasteiger partial charge in [-0.25, -0.2) is 0 Å². The van der Waals surface area contributed by atoms with E-state index in [1.165, 1.54) is 0 Å². The predicted octanol–water partition coefficient (Wildman–Crippen LogP) is 4.15. The lowest BCUT2D eigenvalue weighted by Crippen LogP contribution is -1.94. The van der Waals surface area contributed by atoms with Gasteiger partial charge in [-0.05, 0) is 42.7 Å². The molecule has 0 aromatic heterocycles. The Labute approximate surface area is 110 Å². The Morgan fingerprint density at radius 3 is 2.28 bits per heavy atom. The second-order valence-corrected chi connectivity index (χ2v) is 4.62. The second kappa shape index (κ2) is 5.19. The molecular weight excluding hydrogens is 250 g/mol. The van der Waals surface area contributed by atoms with E-state index in [4.69, 9.17) is 11.6 Å². The third-order valence-corrected chi connectivity index (χ3v) is 3.03. The molecular formula is C14H12ClNO2. The van der Waals surface area contributed by atoms with E-state index in [1.54, 1.807) is 19.1 Å². The molecule has 0 bridgehead atoms. The zero-order valence-corrected chi connectivity index (χ0v) is 10.6. The van der Waals surface area contributed by atoms with E-state index < -0.39 is 0 Å². The molecule has 2 rings (SSSR count). The molecule has 0 N–H and O–H groups in total. The van der Waals surface area contributed by atoms with Gasteiger partial charge in [0.2, 0.25) is 0 Å². The summed E-state index contributed by atoms with van der Waals surface area (Å²) in [6.07, 6.45) is 0.746. The van der Waals surface area contributed by atoms with Crippen molar-refractivity contribution in [1.82, 2.24) is 0 Å². The average Bonchev–Trinajstić information content (AvgIpc) is 2.32. The first-order valence-electron chi connectivity index (χ1n) is 5.54. The quantitative estimate of drug-likeness (QED) is 0.615. The van der Waals surface area contributed by atoms with Crippen molar-refractivity contribution in [3.8, 4) is 0 Å². The van der Waals surface area contributed by atoms with Gasteiger partial charge in [-0.3, -0.25) is 10.1 Å². The van der Waals surface area contributed by atoms with Crippen molar-refractivity contribution in [3.05, 3.63) is 74.3 Å². The van der Waals surface area contributed by atoms with Crippen LogP contribution in [0.1, 0.15) is 16.7 Å². The number of nitro groups is 1. The van der Waals surface area contributed by atoms with Gasteiger partial charge in [-0.1, -0.05) is 29.8 Å². The van der Waals surface area contributed by atoms with Crippen LogP contribution in [-0.2, 0) is 6.42 Å². The van der Waals surface area contributed by atoms with Crippen molar-refractivity contribution < 1.29 is 4.92 Å². The number of benzene rings is 2. The van der Waals surface area contributed by atoms with E-state index in [-0.39, 0.29) is 10.6 Å². The van der Waals surface area contributed by atoms with E-state index in [1.807, 2.05) is 30.3 Å². The van der Waals surface area contributed by atoms with E-state index >= 15 is 0 Å². The summed E-state index contributed by atoms with van der Waals surface area (Å²) in [5, 5.41) is 11.4. The first-order valence-corrected chi connectivity index (χ1v) is 5.92.